The molecule has 0 aromatic carbocycles. The van der Waals surface area contributed by atoms with Crippen LogP contribution in [-0.4, -0.2) is 56.4 Å². The van der Waals surface area contributed by atoms with Crippen molar-refractivity contribution in [1.82, 2.24) is 24.6 Å². The Morgan fingerprint density at radius 1 is 1.24 bits per heavy atom. The summed E-state index contributed by atoms with van der Waals surface area (Å²) in [7, 11) is 1.61. The summed E-state index contributed by atoms with van der Waals surface area (Å²) in [6.45, 7) is 0.0927. The normalized spacial score (nSPS) is 13.5. The molecule has 3 rings (SSSR count). The van der Waals surface area contributed by atoms with Gasteiger partial charge in [-0.2, -0.15) is 13.2 Å². The minimum absolute atomic E-state index is 0.0927. The highest BCUT2D eigenvalue weighted by Gasteiger charge is 2.32. The van der Waals surface area contributed by atoms with Crippen LogP contribution in [-0.2, 0) is 6.42 Å². The van der Waals surface area contributed by atoms with Gasteiger partial charge in [-0.25, -0.2) is 9.97 Å². The van der Waals surface area contributed by atoms with Crippen LogP contribution in [0.4, 0.5) is 19.1 Å². The minimum atomic E-state index is -4.54. The fourth-order valence-electron chi connectivity index (χ4n) is 2.77. The molecule has 172 valence electrons. The Morgan fingerprint density at radius 3 is 2.76 bits per heavy atom. The van der Waals surface area contributed by atoms with Gasteiger partial charge in [0.2, 0.25) is 5.95 Å². The zero-order valence-electron chi connectivity index (χ0n) is 17.5. The van der Waals surface area contributed by atoms with Crippen LogP contribution >= 0.6 is 0 Å². The first-order chi connectivity index (χ1) is 15.9. The lowest BCUT2D eigenvalue weighted by Gasteiger charge is -2.07. The summed E-state index contributed by atoms with van der Waals surface area (Å²) in [6, 6.07) is 5.36. The number of hydrogen-bond donors (Lipinski definition) is 3. The fourth-order valence-corrected chi connectivity index (χ4v) is 2.77. The van der Waals surface area contributed by atoms with Gasteiger partial charge in [-0.3, -0.25) is 14.4 Å². The van der Waals surface area contributed by atoms with Crippen molar-refractivity contribution in [3.8, 4) is 11.3 Å². The van der Waals surface area contributed by atoms with E-state index in [9.17, 15) is 13.2 Å². The number of nitrogens with two attached hydrogens (primary N) is 2. The Labute approximate surface area is 186 Å². The molecule has 0 saturated heterocycles. The van der Waals surface area contributed by atoms with Gasteiger partial charge in [-0.05, 0) is 30.5 Å². The molecule has 3 aromatic heterocycles. The van der Waals surface area contributed by atoms with Gasteiger partial charge in [0.25, 0.3) is 0 Å². The summed E-state index contributed by atoms with van der Waals surface area (Å²) in [5.74, 6) is 1.40. The number of nitrogens with one attached hydrogen (secondary N) is 1. The first-order valence-corrected chi connectivity index (χ1v) is 9.63. The number of alkyl halides is 3. The summed E-state index contributed by atoms with van der Waals surface area (Å²) in [6.07, 6.45) is 3.24. The molecule has 0 aliphatic carbocycles. The van der Waals surface area contributed by atoms with Gasteiger partial charge >= 0.3 is 6.18 Å². The van der Waals surface area contributed by atoms with E-state index in [0.717, 1.165) is 5.56 Å². The summed E-state index contributed by atoms with van der Waals surface area (Å²) in [4.78, 5) is 16.5. The third-order valence-electron chi connectivity index (χ3n) is 4.37. The topological polar surface area (TPSA) is 145 Å². The molecule has 3 heterocycles. The molecule has 3 aromatic rings. The summed E-state index contributed by atoms with van der Waals surface area (Å²) >= 11 is 0. The molecule has 13 heteroatoms. The van der Waals surface area contributed by atoms with E-state index in [4.69, 9.17) is 11.5 Å². The van der Waals surface area contributed by atoms with Crippen LogP contribution in [0.2, 0.25) is 0 Å². The molecular formula is C20H21F3N10. The molecule has 0 spiro atoms. The van der Waals surface area contributed by atoms with E-state index < -0.39 is 11.7 Å². The van der Waals surface area contributed by atoms with Crippen LogP contribution in [0.1, 0.15) is 5.82 Å². The van der Waals surface area contributed by atoms with Crippen LogP contribution < -0.4 is 16.8 Å². The second-order valence-electron chi connectivity index (χ2n) is 6.52. The van der Waals surface area contributed by atoms with Crippen molar-refractivity contribution in [2.45, 2.75) is 12.6 Å². The first-order valence-electron chi connectivity index (χ1n) is 9.63. The van der Waals surface area contributed by atoms with E-state index in [1.54, 1.807) is 42.1 Å². The maximum atomic E-state index is 12.7. The van der Waals surface area contributed by atoms with Crippen molar-refractivity contribution in [2.24, 2.45) is 21.5 Å². The average molecular weight is 458 g/mol. The quantitative estimate of drug-likeness (QED) is 0.363. The van der Waals surface area contributed by atoms with E-state index in [1.165, 1.54) is 6.20 Å². The molecule has 0 unspecified atom stereocenters. The van der Waals surface area contributed by atoms with Crippen LogP contribution in [0, 0.1) is 0 Å². The molecule has 0 bridgehead atoms. The van der Waals surface area contributed by atoms with Gasteiger partial charge in [0.15, 0.2) is 5.65 Å². The average Bonchev–Trinajstić information content (AvgIpc) is 3.20. The van der Waals surface area contributed by atoms with Gasteiger partial charge < -0.3 is 16.8 Å². The summed E-state index contributed by atoms with van der Waals surface area (Å²) in [5, 5.41) is 11.2. The first kappa shape index (κ1) is 23.4. The number of halogens is 3. The number of fused-ring (bicyclic) bond motifs is 1. The van der Waals surface area contributed by atoms with Crippen molar-refractivity contribution in [3.63, 3.8) is 0 Å². The molecule has 10 nitrogen and oxygen atoms in total. The smallest absolute Gasteiger partial charge is 0.404 e. The number of pyridine rings is 1. The number of aliphatic imine (C=N–C) groups is 2. The molecule has 33 heavy (non-hydrogen) atoms. The highest BCUT2D eigenvalue weighted by Crippen LogP contribution is 2.23. The van der Waals surface area contributed by atoms with Gasteiger partial charge in [0.05, 0.1) is 11.3 Å². The molecule has 0 fully saturated rings. The molecule has 0 aliphatic rings. The van der Waals surface area contributed by atoms with E-state index in [-0.39, 0.29) is 6.54 Å². The number of amidine groups is 1. The van der Waals surface area contributed by atoms with Gasteiger partial charge in [-0.15, -0.1) is 10.2 Å². The minimum Gasteiger partial charge on any atom is -0.404 e. The Morgan fingerprint density at radius 2 is 2.06 bits per heavy atom. The van der Waals surface area contributed by atoms with E-state index >= 15 is 0 Å². The highest BCUT2D eigenvalue weighted by atomic mass is 19.4. The largest absolute Gasteiger partial charge is 0.419 e. The highest BCUT2D eigenvalue weighted by molar-refractivity contribution is 6.02. The molecule has 0 amide bonds. The lowest BCUT2D eigenvalue weighted by atomic mass is 10.2. The van der Waals surface area contributed by atoms with Crippen molar-refractivity contribution < 1.29 is 13.2 Å². The maximum Gasteiger partial charge on any atom is 0.419 e. The lowest BCUT2D eigenvalue weighted by Crippen LogP contribution is -2.14. The van der Waals surface area contributed by atoms with Crippen LogP contribution in [0.3, 0.4) is 0 Å². The predicted octanol–water partition coefficient (Wildman–Crippen LogP) is 2.12. The van der Waals surface area contributed by atoms with Crippen LogP contribution in [0.5, 0.6) is 0 Å². The number of allylic oxidation sites excluding steroid dienone is 1. The standard InChI is InChI=1S/C20H21F3N10/c1-26-16(2-6-24)30-19-28-8-3-15(29-19)13-5-9-33-17(31-32-18(33)10-13)4-7-27-12-14(11-25)20(21,22)23/h2-3,5-6,8-12H,4,7,24-25H2,1H3,(H,26,28,29,30). The van der Waals surface area contributed by atoms with Gasteiger partial charge in [-0.1, -0.05) is 0 Å². The molecule has 0 saturated carbocycles. The van der Waals surface area contributed by atoms with E-state index in [1.807, 2.05) is 6.07 Å². The fraction of sp³-hybridized carbons (Fsp3) is 0.200. The number of nitrogens with zero attached hydrogens (tertiary/aromatic N) is 7. The molecule has 0 radical (unpaired) electrons. The third-order valence-corrected chi connectivity index (χ3v) is 4.37. The Kier molecular flexibility index (Phi) is 7.33. The van der Waals surface area contributed by atoms with E-state index in [2.05, 4.69) is 35.5 Å². The van der Waals surface area contributed by atoms with Crippen LogP contribution in [0.25, 0.3) is 16.9 Å². The zero-order valence-corrected chi connectivity index (χ0v) is 17.5. The number of rotatable bonds is 7. The molecule has 0 aliphatic heterocycles. The predicted molar refractivity (Wildman–Crippen MR) is 120 cm³/mol. The molecule has 5 N–H and O–H groups in total. The van der Waals surface area contributed by atoms with Crippen molar-refractivity contribution >= 4 is 23.6 Å². The van der Waals surface area contributed by atoms with Crippen molar-refractivity contribution in [2.75, 3.05) is 18.9 Å². The SMILES string of the molecule is CN=C(C=CN)Nc1nccc(-c2ccn3c(CCN=CC(=CN)C(F)(F)F)nnc3c2)n1. The second kappa shape index (κ2) is 10.3. The van der Waals surface area contributed by atoms with Crippen molar-refractivity contribution in [1.29, 1.82) is 0 Å². The van der Waals surface area contributed by atoms with Gasteiger partial charge in [0, 0.05) is 50.4 Å². The Hall–Kier alpha value is -4.29. The Bertz CT molecular complexity index is 1220. The zero-order chi connectivity index (χ0) is 23.8. The van der Waals surface area contributed by atoms with Crippen molar-refractivity contribution in [3.05, 3.63) is 60.5 Å². The monoisotopic (exact) mass is 458 g/mol. The van der Waals surface area contributed by atoms with Crippen LogP contribution in [0.15, 0.2) is 64.6 Å². The maximum absolute atomic E-state index is 12.7. The Balaban J connectivity index is 1.74. The van der Waals surface area contributed by atoms with Gasteiger partial charge in [0.1, 0.15) is 11.7 Å². The van der Waals surface area contributed by atoms with E-state index in [0.29, 0.717) is 47.8 Å². The number of aromatic nitrogens is 5. The lowest BCUT2D eigenvalue weighted by molar-refractivity contribution is -0.0857. The third kappa shape index (κ3) is 5.90. The molecular weight excluding hydrogens is 437 g/mol. The summed E-state index contributed by atoms with van der Waals surface area (Å²) < 4.78 is 39.7. The number of hydrogen-bond acceptors (Lipinski definition) is 8. The summed E-state index contributed by atoms with van der Waals surface area (Å²) in [5.41, 5.74) is 11.4. The molecule has 0 atom stereocenters. The number of anilines is 1. The second-order valence-corrected chi connectivity index (χ2v) is 6.52.